The zero-order valence-corrected chi connectivity index (χ0v) is 9.12. The molecule has 1 heterocycles. The summed E-state index contributed by atoms with van der Waals surface area (Å²) in [5, 5.41) is 0. The molecule has 0 aromatic rings. The molecule has 1 atom stereocenters. The molecule has 48 valence electrons. The van der Waals surface area contributed by atoms with E-state index in [1.54, 1.807) is 3.53 Å². The van der Waals surface area contributed by atoms with Crippen molar-refractivity contribution in [3.63, 3.8) is 0 Å². The summed E-state index contributed by atoms with van der Waals surface area (Å²) in [5.41, 5.74) is 0. The topological polar surface area (TPSA) is 0 Å². The van der Waals surface area contributed by atoms with Crippen LogP contribution in [-0.4, -0.2) is 21.3 Å². The van der Waals surface area contributed by atoms with Crippen LogP contribution in [0.1, 0.15) is 0 Å². The summed E-state index contributed by atoms with van der Waals surface area (Å²) in [4.78, 5) is 0. The molecule has 4 heteroatoms. The molecule has 0 fully saturated rings. The van der Waals surface area contributed by atoms with Gasteiger partial charge in [-0.2, -0.15) is 0 Å². The Bertz CT molecular complexity index is 120. The molecule has 0 aromatic heterocycles. The maximum Gasteiger partial charge on any atom is 0.0733 e. The third kappa shape index (κ3) is 1.82. The van der Waals surface area contributed by atoms with Gasteiger partial charge in [0.2, 0.25) is 0 Å². The van der Waals surface area contributed by atoms with E-state index in [4.69, 9.17) is 0 Å². The molecule has 1 aliphatic rings. The van der Waals surface area contributed by atoms with Crippen molar-refractivity contribution in [2.24, 2.45) is 0 Å². The van der Waals surface area contributed by atoms with Crippen molar-refractivity contribution in [3.8, 4) is 0 Å². The summed E-state index contributed by atoms with van der Waals surface area (Å²) in [5.74, 6) is 2.75. The second-order valence-electron chi connectivity index (χ2n) is 1.34. The van der Waals surface area contributed by atoms with Gasteiger partial charge in [0.1, 0.15) is 0 Å². The average Bonchev–Trinajstić information content (AvgIpc) is 2.14. The normalized spacial score (nSPS) is 29.2. The lowest BCUT2D eigenvalue weighted by molar-refractivity contribution is 1.59. The highest BCUT2D eigenvalue weighted by molar-refractivity contribution is 14.2. The lowest BCUT2D eigenvalue weighted by atomic mass is 11.0. The monoisotopic (exact) mass is 278 g/mol. The molecule has 1 rings (SSSR count). The standard InChI is InChI=1S/C4H7IS3/c1-6-4-7-2-3-8(4)5/h2-3H2,1H3. The molecular weight excluding hydrogens is 271 g/mol. The zero-order valence-electron chi connectivity index (χ0n) is 4.52. The van der Waals surface area contributed by atoms with E-state index < -0.39 is 0 Å². The number of halogens is 1. The van der Waals surface area contributed by atoms with Crippen LogP contribution in [-0.2, 0) is 0 Å². The van der Waals surface area contributed by atoms with Gasteiger partial charge in [-0.1, -0.05) is 0 Å². The minimum absolute atomic E-state index is 0.602. The van der Waals surface area contributed by atoms with E-state index >= 15 is 0 Å². The van der Waals surface area contributed by atoms with E-state index in [-0.39, 0.29) is 0 Å². The Morgan fingerprint density at radius 3 is 2.88 bits per heavy atom. The Kier molecular flexibility index (Phi) is 3.61. The summed E-state index contributed by atoms with van der Waals surface area (Å²) < 4.78 is 1.64. The van der Waals surface area contributed by atoms with Crippen LogP contribution >= 0.6 is 52.4 Å². The van der Waals surface area contributed by atoms with Gasteiger partial charge < -0.3 is 0 Å². The van der Waals surface area contributed by atoms with Crippen molar-refractivity contribution < 1.29 is 0 Å². The van der Waals surface area contributed by atoms with Gasteiger partial charge in [0, 0.05) is 11.5 Å². The fourth-order valence-electron chi connectivity index (χ4n) is 0.495. The first kappa shape index (κ1) is 7.75. The molecule has 0 aromatic carbocycles. The van der Waals surface area contributed by atoms with Crippen LogP contribution in [0.15, 0.2) is 0 Å². The highest BCUT2D eigenvalue weighted by Gasteiger charge is 2.09. The summed E-state index contributed by atoms with van der Waals surface area (Å²) in [6, 6.07) is 0. The summed E-state index contributed by atoms with van der Waals surface area (Å²) in [6.45, 7) is 0. The first-order chi connectivity index (χ1) is 3.84. The molecule has 0 amide bonds. The number of hydrogen-bond acceptors (Lipinski definition) is 2. The number of hydrogen-bond donors (Lipinski definition) is 0. The molecule has 0 aliphatic carbocycles. The predicted octanol–water partition coefficient (Wildman–Crippen LogP) is 2.80. The molecular formula is C4H7IS3. The van der Waals surface area contributed by atoms with Crippen molar-refractivity contribution in [2.45, 2.75) is 0 Å². The molecule has 0 saturated heterocycles. The smallest absolute Gasteiger partial charge is 0.0733 e. The van der Waals surface area contributed by atoms with Gasteiger partial charge in [-0.05, 0) is 27.5 Å². The van der Waals surface area contributed by atoms with Crippen LogP contribution in [0.5, 0.6) is 0 Å². The van der Waals surface area contributed by atoms with E-state index in [1.807, 2.05) is 23.5 Å². The van der Waals surface area contributed by atoms with Crippen molar-refractivity contribution in [2.75, 3.05) is 17.8 Å². The minimum atomic E-state index is 0.602. The third-order valence-electron chi connectivity index (χ3n) is 0.830. The molecule has 0 bridgehead atoms. The molecule has 0 spiro atoms. The largest absolute Gasteiger partial charge is 0.116 e. The van der Waals surface area contributed by atoms with Gasteiger partial charge in [-0.3, -0.25) is 0 Å². The first-order valence-corrected chi connectivity index (χ1v) is 8.40. The van der Waals surface area contributed by atoms with Crippen molar-refractivity contribution in [3.05, 3.63) is 0 Å². The molecule has 8 heavy (non-hydrogen) atoms. The minimum Gasteiger partial charge on any atom is -0.116 e. The molecule has 1 unspecified atom stereocenters. The van der Waals surface area contributed by atoms with Gasteiger partial charge in [-0.15, -0.1) is 31.2 Å². The van der Waals surface area contributed by atoms with Crippen molar-refractivity contribution >= 4 is 55.9 Å². The van der Waals surface area contributed by atoms with Crippen LogP contribution in [0.4, 0.5) is 0 Å². The van der Waals surface area contributed by atoms with Gasteiger partial charge in [-0.25, -0.2) is 0 Å². The second kappa shape index (κ2) is 3.73. The van der Waals surface area contributed by atoms with Crippen molar-refractivity contribution in [1.29, 1.82) is 0 Å². The van der Waals surface area contributed by atoms with Gasteiger partial charge in [0.05, 0.1) is 3.53 Å². The zero-order chi connectivity index (χ0) is 5.98. The van der Waals surface area contributed by atoms with Crippen LogP contribution in [0.3, 0.4) is 0 Å². The molecule has 0 radical (unpaired) electrons. The highest BCUT2D eigenvalue weighted by atomic mass is 127. The quantitative estimate of drug-likeness (QED) is 0.493. The number of rotatable bonds is 0. The third-order valence-corrected chi connectivity index (χ3v) is 10.3. The van der Waals surface area contributed by atoms with Crippen LogP contribution in [0, 0.1) is 0 Å². The molecule has 0 N–H and O–H groups in total. The van der Waals surface area contributed by atoms with E-state index in [1.165, 1.54) is 11.5 Å². The van der Waals surface area contributed by atoms with Gasteiger partial charge in [0.15, 0.2) is 0 Å². The van der Waals surface area contributed by atoms with Crippen molar-refractivity contribution in [1.82, 2.24) is 0 Å². The Morgan fingerprint density at radius 1 is 1.88 bits per heavy atom. The second-order valence-corrected chi connectivity index (χ2v) is 8.70. The predicted molar refractivity (Wildman–Crippen MR) is 57.5 cm³/mol. The van der Waals surface area contributed by atoms with E-state index in [2.05, 4.69) is 27.5 Å². The Labute approximate surface area is 73.1 Å². The van der Waals surface area contributed by atoms with Gasteiger partial charge in [0.25, 0.3) is 0 Å². The number of thioether (sulfide) groups is 2. The van der Waals surface area contributed by atoms with Gasteiger partial charge >= 0.3 is 0 Å². The Morgan fingerprint density at radius 2 is 2.62 bits per heavy atom. The highest BCUT2D eigenvalue weighted by Crippen LogP contribution is 2.40. The fraction of sp³-hybridized carbons (Fsp3) is 0.750. The van der Waals surface area contributed by atoms with Crippen LogP contribution < -0.4 is 0 Å². The van der Waals surface area contributed by atoms with E-state index in [0.717, 1.165) is 0 Å². The fourth-order valence-corrected chi connectivity index (χ4v) is 8.83. The molecule has 0 saturated carbocycles. The van der Waals surface area contributed by atoms with E-state index in [0.29, 0.717) is 7.66 Å². The summed E-state index contributed by atoms with van der Waals surface area (Å²) in [6.07, 6.45) is 2.17. The average molecular weight is 278 g/mol. The molecule has 0 nitrogen and oxygen atoms in total. The Hall–Kier alpha value is 1.65. The SMILES string of the molecule is CSC1=S(I)CCS1. The lowest BCUT2D eigenvalue weighted by Gasteiger charge is -1.92. The lowest BCUT2D eigenvalue weighted by Crippen LogP contribution is -1.72. The Balaban J connectivity index is 2.58. The van der Waals surface area contributed by atoms with Crippen LogP contribution in [0.25, 0.3) is 0 Å². The maximum atomic E-state index is 2.54. The molecule has 1 aliphatic heterocycles. The van der Waals surface area contributed by atoms with E-state index in [9.17, 15) is 0 Å². The maximum absolute atomic E-state index is 2.54. The summed E-state index contributed by atoms with van der Waals surface area (Å²) >= 11 is 6.50. The first-order valence-electron chi connectivity index (χ1n) is 2.25. The summed E-state index contributed by atoms with van der Waals surface area (Å²) in [7, 11) is 0.602. The van der Waals surface area contributed by atoms with Crippen LogP contribution in [0.2, 0.25) is 0 Å².